The van der Waals surface area contributed by atoms with Crippen molar-refractivity contribution in [3.8, 4) is 11.3 Å². The number of rotatable bonds is 3. The van der Waals surface area contributed by atoms with Gasteiger partial charge in [0.2, 0.25) is 0 Å². The Labute approximate surface area is 174 Å². The summed E-state index contributed by atoms with van der Waals surface area (Å²) in [5, 5.41) is 0.889. The third-order valence-electron chi connectivity index (χ3n) is 6.00. The van der Waals surface area contributed by atoms with Crippen molar-refractivity contribution in [2.75, 3.05) is 31.1 Å². The molecular formula is C23H25N5O2. The Hall–Kier alpha value is -3.19. The van der Waals surface area contributed by atoms with Crippen LogP contribution in [0.3, 0.4) is 0 Å². The van der Waals surface area contributed by atoms with Crippen molar-refractivity contribution in [2.24, 2.45) is 0 Å². The predicted molar refractivity (Wildman–Crippen MR) is 118 cm³/mol. The van der Waals surface area contributed by atoms with Gasteiger partial charge in [-0.15, -0.1) is 0 Å². The van der Waals surface area contributed by atoms with Gasteiger partial charge in [0, 0.05) is 55.2 Å². The first kappa shape index (κ1) is 18.8. The molecule has 0 N–H and O–H groups in total. The topological polar surface area (TPSA) is 66.9 Å². The summed E-state index contributed by atoms with van der Waals surface area (Å²) in [7, 11) is 0. The lowest BCUT2D eigenvalue weighted by molar-refractivity contribution is 0.199. The number of anilines is 1. The fourth-order valence-electron chi connectivity index (χ4n) is 4.31. The van der Waals surface area contributed by atoms with Crippen LogP contribution in [-0.2, 0) is 0 Å². The van der Waals surface area contributed by atoms with Crippen LogP contribution in [0.25, 0.3) is 27.9 Å². The van der Waals surface area contributed by atoms with Gasteiger partial charge in [-0.3, -0.25) is 9.88 Å². The van der Waals surface area contributed by atoms with Gasteiger partial charge in [0.05, 0.1) is 23.1 Å². The number of hydrogen-bond donors (Lipinski definition) is 0. The molecule has 0 saturated carbocycles. The van der Waals surface area contributed by atoms with E-state index in [-0.39, 0.29) is 5.63 Å². The molecule has 4 aromatic rings. The second kappa shape index (κ2) is 7.25. The summed E-state index contributed by atoms with van der Waals surface area (Å²) in [6, 6.07) is 8.48. The van der Waals surface area contributed by atoms with Crippen LogP contribution in [0.15, 0.2) is 52.1 Å². The minimum absolute atomic E-state index is 0.378. The van der Waals surface area contributed by atoms with E-state index in [1.165, 1.54) is 0 Å². The van der Waals surface area contributed by atoms with E-state index in [0.29, 0.717) is 28.5 Å². The average Bonchev–Trinajstić information content (AvgIpc) is 3.15. The first-order valence-corrected chi connectivity index (χ1v) is 10.4. The molecule has 0 aliphatic carbocycles. The summed E-state index contributed by atoms with van der Waals surface area (Å²) in [4.78, 5) is 26.4. The molecule has 0 bridgehead atoms. The molecule has 7 nitrogen and oxygen atoms in total. The van der Waals surface area contributed by atoms with Crippen LogP contribution in [-0.4, -0.2) is 51.5 Å². The zero-order valence-electron chi connectivity index (χ0n) is 17.5. The third kappa shape index (κ3) is 3.25. The van der Waals surface area contributed by atoms with Crippen LogP contribution < -0.4 is 10.5 Å². The highest BCUT2D eigenvalue weighted by Crippen LogP contribution is 2.26. The minimum atomic E-state index is -0.378. The lowest BCUT2D eigenvalue weighted by Gasteiger charge is -2.40. The number of hydrogen-bond acceptors (Lipinski definition) is 6. The number of aromatic nitrogens is 3. The summed E-state index contributed by atoms with van der Waals surface area (Å²) in [5.41, 5.74) is 3.96. The number of imidazole rings is 1. The Morgan fingerprint density at radius 3 is 2.87 bits per heavy atom. The fraction of sp³-hybridized carbons (Fsp3) is 0.348. The summed E-state index contributed by atoms with van der Waals surface area (Å²) >= 11 is 0. The number of fused-ring (bicyclic) bond motifs is 2. The van der Waals surface area contributed by atoms with Gasteiger partial charge < -0.3 is 13.7 Å². The monoisotopic (exact) mass is 403 g/mol. The molecule has 1 aromatic carbocycles. The number of aryl methyl sites for hydroxylation is 1. The van der Waals surface area contributed by atoms with Crippen LogP contribution >= 0.6 is 0 Å². The maximum absolute atomic E-state index is 12.7. The molecule has 3 aromatic heterocycles. The smallest absolute Gasteiger partial charge is 0.345 e. The van der Waals surface area contributed by atoms with Crippen LogP contribution in [0.2, 0.25) is 0 Å². The Bertz CT molecular complexity index is 1290. The Kier molecular flexibility index (Phi) is 4.55. The van der Waals surface area contributed by atoms with E-state index in [1.807, 2.05) is 41.9 Å². The molecule has 0 radical (unpaired) electrons. The molecular weight excluding hydrogens is 378 g/mol. The molecule has 0 spiro atoms. The van der Waals surface area contributed by atoms with Crippen molar-refractivity contribution >= 4 is 22.3 Å². The third-order valence-corrected chi connectivity index (χ3v) is 6.00. The van der Waals surface area contributed by atoms with Gasteiger partial charge in [0.15, 0.2) is 5.65 Å². The number of piperazine rings is 1. The molecule has 4 heterocycles. The van der Waals surface area contributed by atoms with E-state index in [9.17, 15) is 4.79 Å². The molecule has 1 aliphatic heterocycles. The summed E-state index contributed by atoms with van der Waals surface area (Å²) < 4.78 is 7.59. The first-order valence-electron chi connectivity index (χ1n) is 10.4. The Morgan fingerprint density at radius 1 is 1.20 bits per heavy atom. The van der Waals surface area contributed by atoms with E-state index in [1.54, 1.807) is 6.20 Å². The maximum atomic E-state index is 12.7. The molecule has 154 valence electrons. The van der Waals surface area contributed by atoms with Crippen LogP contribution in [0.4, 0.5) is 5.69 Å². The SMILES string of the molecule is CCN1CCN(c2ccc3cc(-c4cn5cc(C)ncc5n4)c(=O)oc3c2)CC1C. The summed E-state index contributed by atoms with van der Waals surface area (Å²) in [6.07, 6.45) is 5.43. The fourth-order valence-corrected chi connectivity index (χ4v) is 4.31. The van der Waals surface area contributed by atoms with Crippen molar-refractivity contribution in [3.63, 3.8) is 0 Å². The average molecular weight is 403 g/mol. The zero-order chi connectivity index (χ0) is 20.8. The van der Waals surface area contributed by atoms with E-state index in [2.05, 4.69) is 39.7 Å². The lowest BCUT2D eigenvalue weighted by atomic mass is 10.1. The Balaban J connectivity index is 1.50. The predicted octanol–water partition coefficient (Wildman–Crippen LogP) is 3.34. The summed E-state index contributed by atoms with van der Waals surface area (Å²) in [6.45, 7) is 10.4. The van der Waals surface area contributed by atoms with Crippen LogP contribution in [0.1, 0.15) is 19.5 Å². The van der Waals surface area contributed by atoms with Crippen molar-refractivity contribution < 1.29 is 4.42 Å². The molecule has 30 heavy (non-hydrogen) atoms. The molecule has 1 fully saturated rings. The number of likely N-dealkylation sites (N-methyl/N-ethyl adjacent to an activating group) is 1. The van der Waals surface area contributed by atoms with Crippen molar-refractivity contribution in [2.45, 2.75) is 26.8 Å². The molecule has 1 unspecified atom stereocenters. The summed E-state index contributed by atoms with van der Waals surface area (Å²) in [5.74, 6) is 0. The van der Waals surface area contributed by atoms with E-state index in [0.717, 1.165) is 42.9 Å². The quantitative estimate of drug-likeness (QED) is 0.489. The second-order valence-electron chi connectivity index (χ2n) is 8.01. The molecule has 7 heteroatoms. The minimum Gasteiger partial charge on any atom is -0.422 e. The van der Waals surface area contributed by atoms with Gasteiger partial charge in [-0.1, -0.05) is 6.92 Å². The molecule has 5 rings (SSSR count). The van der Waals surface area contributed by atoms with Gasteiger partial charge in [-0.05, 0) is 38.6 Å². The number of nitrogens with zero attached hydrogens (tertiary/aromatic N) is 5. The lowest BCUT2D eigenvalue weighted by Crippen LogP contribution is -2.51. The molecule has 0 amide bonds. The molecule has 1 atom stereocenters. The highest BCUT2D eigenvalue weighted by molar-refractivity contribution is 5.84. The van der Waals surface area contributed by atoms with Crippen molar-refractivity contribution in [1.29, 1.82) is 0 Å². The first-order chi connectivity index (χ1) is 14.5. The van der Waals surface area contributed by atoms with Gasteiger partial charge in [0.25, 0.3) is 0 Å². The van der Waals surface area contributed by atoms with Gasteiger partial charge in [0.1, 0.15) is 5.58 Å². The van der Waals surface area contributed by atoms with Crippen molar-refractivity contribution in [3.05, 3.63) is 59.0 Å². The zero-order valence-corrected chi connectivity index (χ0v) is 17.5. The second-order valence-corrected chi connectivity index (χ2v) is 8.01. The molecule has 1 saturated heterocycles. The highest BCUT2D eigenvalue weighted by atomic mass is 16.4. The van der Waals surface area contributed by atoms with E-state index in [4.69, 9.17) is 4.42 Å². The van der Waals surface area contributed by atoms with Gasteiger partial charge in [-0.2, -0.15) is 0 Å². The largest absolute Gasteiger partial charge is 0.422 e. The maximum Gasteiger partial charge on any atom is 0.345 e. The van der Waals surface area contributed by atoms with E-state index >= 15 is 0 Å². The van der Waals surface area contributed by atoms with Crippen molar-refractivity contribution in [1.82, 2.24) is 19.3 Å². The van der Waals surface area contributed by atoms with Gasteiger partial charge >= 0.3 is 5.63 Å². The Morgan fingerprint density at radius 2 is 2.07 bits per heavy atom. The normalized spacial score (nSPS) is 17.8. The van der Waals surface area contributed by atoms with E-state index < -0.39 is 0 Å². The highest BCUT2D eigenvalue weighted by Gasteiger charge is 2.23. The standard InChI is InChI=1S/C23H25N5O2/c1-4-26-7-8-27(13-16(26)3)18-6-5-17-9-19(23(29)30-21(17)10-18)20-14-28-12-15(2)24-11-22(28)25-20/h5-6,9-12,14,16H,4,7-8,13H2,1-3H3. The van der Waals surface area contributed by atoms with Gasteiger partial charge in [-0.25, -0.2) is 9.78 Å². The van der Waals surface area contributed by atoms with Crippen LogP contribution in [0.5, 0.6) is 0 Å². The molecule has 1 aliphatic rings. The number of benzene rings is 1. The van der Waals surface area contributed by atoms with Crippen LogP contribution in [0, 0.1) is 6.92 Å².